The van der Waals surface area contributed by atoms with Crippen LogP contribution in [0.15, 0.2) is 0 Å². The van der Waals surface area contributed by atoms with Crippen LogP contribution in [-0.2, 0) is 66.8 Å². The Kier molecular flexibility index (Phi) is 51.3. The maximum atomic E-state index is 14.2. The number of hydrogen-bond acceptors (Lipinski definition) is 15. The van der Waals surface area contributed by atoms with E-state index >= 15 is 0 Å². The van der Waals surface area contributed by atoms with Crippen molar-refractivity contribution in [3.8, 4) is 0 Å². The Morgan fingerprint density at radius 2 is 0.921 bits per heavy atom. The average molecular weight is 1270 g/mol. The minimum absolute atomic E-state index is 0.126. The molecule has 0 radical (unpaired) electrons. The van der Waals surface area contributed by atoms with Crippen molar-refractivity contribution >= 4 is 47.5 Å². The second kappa shape index (κ2) is 55.3. The number of carbonyl (C=O) groups is 8. The van der Waals surface area contributed by atoms with Gasteiger partial charge < -0.3 is 55.2 Å². The topological polar surface area (TPSA) is 274 Å². The number of nitrogens with two attached hydrogens (primary N) is 1. The lowest BCUT2D eigenvalue weighted by Gasteiger charge is -2.44. The summed E-state index contributed by atoms with van der Waals surface area (Å²) in [6, 6.07) is -3.93. The molecular weight excluding hydrogens is 1140 g/mol. The fourth-order valence-electron chi connectivity index (χ4n) is 11.4. The van der Waals surface area contributed by atoms with Crippen LogP contribution in [-0.4, -0.2) is 121 Å². The van der Waals surface area contributed by atoms with E-state index in [9.17, 15) is 43.5 Å². The highest BCUT2D eigenvalue weighted by molar-refractivity contribution is 5.92. The number of aliphatic hydroxyl groups excluding tert-OH is 1. The molecule has 1 rings (SSSR count). The summed E-state index contributed by atoms with van der Waals surface area (Å²) in [6.07, 6.45) is 36.9. The second-order valence-corrected chi connectivity index (χ2v) is 25.3. The number of ether oxygens (including phenoxy) is 6. The molecule has 1 saturated heterocycles. The number of esters is 4. The monoisotopic (exact) mass is 1260 g/mol. The normalized spacial score (nSPS) is 17.8. The molecule has 19 nitrogen and oxygen atoms in total. The summed E-state index contributed by atoms with van der Waals surface area (Å²) < 4.78 is 34.7. The van der Waals surface area contributed by atoms with Gasteiger partial charge in [-0.15, -0.1) is 0 Å². The first-order chi connectivity index (χ1) is 43.0. The smallest absolute Gasteiger partial charge is 0.311 e. The molecule has 0 bridgehead atoms. The zero-order chi connectivity index (χ0) is 65.7. The molecule has 6 N–H and O–H groups in total. The lowest BCUT2D eigenvalue weighted by atomic mass is 9.96. The van der Waals surface area contributed by atoms with Crippen LogP contribution in [0, 0.1) is 0 Å². The van der Waals surface area contributed by atoms with Crippen molar-refractivity contribution in [2.24, 2.45) is 5.73 Å². The van der Waals surface area contributed by atoms with E-state index in [4.69, 9.17) is 29.4 Å². The lowest BCUT2D eigenvalue weighted by molar-refractivity contribution is -0.275. The molecule has 4 amide bonds. The van der Waals surface area contributed by atoms with E-state index in [2.05, 4.69) is 41.5 Å². The van der Waals surface area contributed by atoms with Crippen LogP contribution in [0.3, 0.4) is 0 Å². The van der Waals surface area contributed by atoms with Crippen LogP contribution in [0.5, 0.6) is 0 Å². The number of nitrogens with one attached hydrogen (secondary N) is 3. The fourth-order valence-corrected chi connectivity index (χ4v) is 11.4. The van der Waals surface area contributed by atoms with E-state index in [1.54, 1.807) is 0 Å². The van der Waals surface area contributed by atoms with Crippen molar-refractivity contribution in [3.05, 3.63) is 0 Å². The van der Waals surface area contributed by atoms with Crippen molar-refractivity contribution in [1.82, 2.24) is 16.0 Å². The first-order valence-corrected chi connectivity index (χ1v) is 35.7. The van der Waals surface area contributed by atoms with Crippen molar-refractivity contribution in [3.63, 3.8) is 0 Å². The van der Waals surface area contributed by atoms with Gasteiger partial charge in [0.1, 0.15) is 55.3 Å². The first-order valence-electron chi connectivity index (χ1n) is 35.7. The standard InChI is InChI=1S/C70H128N4O15/c1-8-11-14-17-20-23-25-27-29-31-33-36-39-42-45-48-61(77)85-53-59-65(80)66(86-55(5)69(83)72-54(4)68(82)74-58(67(71)81)50-51-60(76)84-7)64(73-56(6)75)70(88-59)89-63(79)52-57(47-44-41-38-35-22-19-16-13-10-3)87-62(78)49-46-43-40-37-34-32-30-28-26-24-21-18-15-12-9-2/h54-55,57-59,64-66,70,80H,8-53H2,1-7H3,(H2,71,81)(H,72,83)(H,73,75)(H,74,82)/t54-,55?,57+,58+,59+,64+,65+,66-,70+/m0/s1. The molecule has 0 saturated carbocycles. The molecule has 0 aromatic carbocycles. The number of primary amides is 1. The lowest BCUT2D eigenvalue weighted by Crippen LogP contribution is -2.66. The molecule has 19 heteroatoms. The quantitative estimate of drug-likeness (QED) is 0.0215. The van der Waals surface area contributed by atoms with E-state index in [0.717, 1.165) is 70.6 Å². The summed E-state index contributed by atoms with van der Waals surface area (Å²) in [5.41, 5.74) is 5.48. The van der Waals surface area contributed by atoms with Gasteiger partial charge in [0.25, 0.3) is 0 Å². The average Bonchev–Trinajstić information content (AvgIpc) is 3.62. The van der Waals surface area contributed by atoms with E-state index in [1.807, 2.05) is 0 Å². The second-order valence-electron chi connectivity index (χ2n) is 25.3. The Hall–Kier alpha value is -4.36. The van der Waals surface area contributed by atoms with Gasteiger partial charge in [0, 0.05) is 26.2 Å². The van der Waals surface area contributed by atoms with Crippen LogP contribution in [0.1, 0.15) is 330 Å². The molecule has 1 unspecified atom stereocenters. The highest BCUT2D eigenvalue weighted by Crippen LogP contribution is 2.28. The summed E-state index contributed by atoms with van der Waals surface area (Å²) in [6.45, 7) is 10.1. The fraction of sp³-hybridized carbons (Fsp3) is 0.886. The zero-order valence-electron chi connectivity index (χ0n) is 57.0. The third kappa shape index (κ3) is 43.9. The molecule has 1 aliphatic rings. The maximum Gasteiger partial charge on any atom is 0.311 e. The molecule has 1 fully saturated rings. The summed E-state index contributed by atoms with van der Waals surface area (Å²) in [7, 11) is 1.18. The van der Waals surface area contributed by atoms with Crippen LogP contribution in [0.4, 0.5) is 0 Å². The molecule has 0 aromatic heterocycles. The summed E-state index contributed by atoms with van der Waals surface area (Å²) in [5.74, 6) is -5.54. The van der Waals surface area contributed by atoms with Crippen molar-refractivity contribution < 1.29 is 71.9 Å². The van der Waals surface area contributed by atoms with Crippen LogP contribution >= 0.6 is 0 Å². The number of unbranched alkanes of at least 4 members (excludes halogenated alkanes) is 36. The van der Waals surface area contributed by atoms with Gasteiger partial charge in [-0.3, -0.25) is 38.4 Å². The molecule has 518 valence electrons. The summed E-state index contributed by atoms with van der Waals surface area (Å²) in [4.78, 5) is 104. The minimum Gasteiger partial charge on any atom is -0.469 e. The van der Waals surface area contributed by atoms with Crippen LogP contribution in [0.25, 0.3) is 0 Å². The molecule has 1 aliphatic heterocycles. The van der Waals surface area contributed by atoms with E-state index < -0.39 is 109 Å². The number of amides is 4. The van der Waals surface area contributed by atoms with Gasteiger partial charge in [-0.2, -0.15) is 0 Å². The van der Waals surface area contributed by atoms with Crippen molar-refractivity contribution in [2.75, 3.05) is 13.7 Å². The first kappa shape index (κ1) is 82.7. The van der Waals surface area contributed by atoms with E-state index in [-0.39, 0.29) is 32.1 Å². The van der Waals surface area contributed by atoms with E-state index in [1.165, 1.54) is 188 Å². The van der Waals surface area contributed by atoms with Crippen molar-refractivity contribution in [2.45, 2.75) is 385 Å². The Morgan fingerprint density at radius 3 is 1.34 bits per heavy atom. The van der Waals surface area contributed by atoms with Gasteiger partial charge in [-0.25, -0.2) is 0 Å². The Balaban J connectivity index is 3.18. The maximum absolute atomic E-state index is 14.2. The van der Waals surface area contributed by atoms with Gasteiger partial charge >= 0.3 is 23.9 Å². The van der Waals surface area contributed by atoms with Crippen LogP contribution in [0.2, 0.25) is 0 Å². The third-order valence-corrected chi connectivity index (χ3v) is 17.0. The SMILES string of the molecule is CCCCCCCCCCCCCCCCCC(=O)OC[C@H]1O[C@H](OC(=O)C[C@@H](CCCCCCCCCCC)OC(=O)CCCCCCCCCCCCCCCCC)[C@H](NC(C)=O)[C@H](OC(C)C(=O)N[C@@H](C)C(=O)N[C@H](CCC(=O)OC)C(N)=O)[C@@H]1O. The zero-order valence-corrected chi connectivity index (χ0v) is 57.0. The molecule has 1 heterocycles. The van der Waals surface area contributed by atoms with E-state index in [0.29, 0.717) is 25.7 Å². The number of hydrogen-bond donors (Lipinski definition) is 5. The predicted octanol–water partition coefficient (Wildman–Crippen LogP) is 13.6. The Labute approximate surface area is 538 Å². The third-order valence-electron chi connectivity index (χ3n) is 17.0. The molecule has 0 aliphatic carbocycles. The molecule has 89 heavy (non-hydrogen) atoms. The van der Waals surface area contributed by atoms with Gasteiger partial charge in [0.15, 0.2) is 0 Å². The molecule has 0 aromatic rings. The Morgan fingerprint density at radius 1 is 0.506 bits per heavy atom. The van der Waals surface area contributed by atoms with Gasteiger partial charge in [0.2, 0.25) is 29.9 Å². The van der Waals surface area contributed by atoms with Crippen molar-refractivity contribution in [1.29, 1.82) is 0 Å². The molecule has 0 spiro atoms. The molecule has 9 atom stereocenters. The highest BCUT2D eigenvalue weighted by atomic mass is 16.7. The Bertz CT molecular complexity index is 1870. The number of carbonyl (C=O) groups excluding carboxylic acids is 8. The van der Waals surface area contributed by atoms with Crippen LogP contribution < -0.4 is 21.7 Å². The van der Waals surface area contributed by atoms with Gasteiger partial charge in [0.05, 0.1) is 13.5 Å². The number of rotatable bonds is 59. The number of methoxy groups -OCH3 is 1. The largest absolute Gasteiger partial charge is 0.469 e. The van der Waals surface area contributed by atoms with Gasteiger partial charge in [-0.1, -0.05) is 252 Å². The summed E-state index contributed by atoms with van der Waals surface area (Å²) in [5, 5.41) is 19.5. The summed E-state index contributed by atoms with van der Waals surface area (Å²) >= 11 is 0. The van der Waals surface area contributed by atoms with Gasteiger partial charge in [-0.05, 0) is 46.0 Å². The molecular formula is C70H128N4O15. The highest BCUT2D eigenvalue weighted by Gasteiger charge is 2.50. The minimum atomic E-state index is -1.68. The number of aliphatic hydroxyl groups is 1. The predicted molar refractivity (Wildman–Crippen MR) is 349 cm³/mol.